The normalized spacial score (nSPS) is 16.3. The minimum atomic E-state index is -3.46. The standard InChI is InChI=1S/C22H20Br2N3O3P/c23-18-6-10-20(11-7-18)25-14-15-26(21-12-8-19(24)9-13-21)31(25,30)22(16-27(28)29)17-4-2-1-3-5-17/h1-13,22H,14-16H2. The Kier molecular flexibility index (Phi) is 6.51. The Morgan fingerprint density at radius 2 is 1.29 bits per heavy atom. The highest BCUT2D eigenvalue weighted by Crippen LogP contribution is 2.68. The van der Waals surface area contributed by atoms with Gasteiger partial charge in [0.1, 0.15) is 5.66 Å². The van der Waals surface area contributed by atoms with Crippen LogP contribution in [-0.4, -0.2) is 24.6 Å². The van der Waals surface area contributed by atoms with E-state index in [4.69, 9.17) is 0 Å². The summed E-state index contributed by atoms with van der Waals surface area (Å²) >= 11 is 6.89. The summed E-state index contributed by atoms with van der Waals surface area (Å²) in [5.41, 5.74) is 1.50. The number of anilines is 2. The smallest absolute Gasteiger partial charge is 0.277 e. The van der Waals surface area contributed by atoms with Gasteiger partial charge < -0.3 is 9.34 Å². The van der Waals surface area contributed by atoms with Crippen LogP contribution >= 0.6 is 39.3 Å². The second-order valence-electron chi connectivity index (χ2n) is 7.23. The van der Waals surface area contributed by atoms with Gasteiger partial charge in [-0.25, -0.2) is 0 Å². The summed E-state index contributed by atoms with van der Waals surface area (Å²) in [6.07, 6.45) is 0. The molecule has 4 rings (SSSR count). The van der Waals surface area contributed by atoms with Gasteiger partial charge in [-0.3, -0.25) is 14.7 Å². The highest BCUT2D eigenvalue weighted by atomic mass is 79.9. The van der Waals surface area contributed by atoms with E-state index in [-0.39, 0.29) is 4.92 Å². The first-order valence-corrected chi connectivity index (χ1v) is 13.0. The number of halogens is 2. The molecule has 9 heteroatoms. The van der Waals surface area contributed by atoms with Gasteiger partial charge in [0.15, 0.2) is 0 Å². The van der Waals surface area contributed by atoms with E-state index < -0.39 is 19.6 Å². The van der Waals surface area contributed by atoms with Gasteiger partial charge in [-0.1, -0.05) is 62.2 Å². The van der Waals surface area contributed by atoms with Crippen LogP contribution in [0.25, 0.3) is 0 Å². The SMILES string of the molecule is O=[N+]([O-])CC(c1ccccc1)P1(=O)N(c2ccc(Br)cc2)CCN1c1ccc(Br)cc1. The molecule has 0 aliphatic carbocycles. The van der Waals surface area contributed by atoms with E-state index >= 15 is 4.57 Å². The molecule has 0 N–H and O–H groups in total. The van der Waals surface area contributed by atoms with Crippen LogP contribution in [0.2, 0.25) is 0 Å². The van der Waals surface area contributed by atoms with Crippen molar-refractivity contribution >= 4 is 50.7 Å². The number of hydrogen-bond acceptors (Lipinski definition) is 3. The maximum atomic E-state index is 15.0. The zero-order valence-electron chi connectivity index (χ0n) is 16.5. The molecule has 0 amide bonds. The van der Waals surface area contributed by atoms with Gasteiger partial charge in [-0.05, 0) is 54.1 Å². The lowest BCUT2D eigenvalue weighted by Crippen LogP contribution is -2.27. The van der Waals surface area contributed by atoms with Crippen molar-refractivity contribution in [2.45, 2.75) is 5.66 Å². The second-order valence-corrected chi connectivity index (χ2v) is 11.8. The topological polar surface area (TPSA) is 66.7 Å². The Labute approximate surface area is 197 Å². The Morgan fingerprint density at radius 1 is 0.839 bits per heavy atom. The molecule has 1 aliphatic heterocycles. The second kappa shape index (κ2) is 9.15. The van der Waals surface area contributed by atoms with Crippen LogP contribution in [0.15, 0.2) is 87.8 Å². The Morgan fingerprint density at radius 3 is 1.71 bits per heavy atom. The Bertz CT molecular complexity index is 1050. The lowest BCUT2D eigenvalue weighted by Gasteiger charge is -2.36. The maximum absolute atomic E-state index is 15.0. The van der Waals surface area contributed by atoms with Crippen molar-refractivity contribution in [1.29, 1.82) is 0 Å². The molecule has 3 aromatic rings. The van der Waals surface area contributed by atoms with Crippen LogP contribution in [-0.2, 0) is 4.57 Å². The third kappa shape index (κ3) is 4.43. The first-order valence-electron chi connectivity index (χ1n) is 9.73. The van der Waals surface area contributed by atoms with Crippen molar-refractivity contribution in [2.75, 3.05) is 29.0 Å². The molecule has 6 nitrogen and oxygen atoms in total. The van der Waals surface area contributed by atoms with E-state index in [1.54, 1.807) is 0 Å². The summed E-state index contributed by atoms with van der Waals surface area (Å²) in [7, 11) is -3.46. The summed E-state index contributed by atoms with van der Waals surface area (Å²) in [4.78, 5) is 11.3. The molecule has 160 valence electrons. The van der Waals surface area contributed by atoms with Gasteiger partial charge in [0.05, 0.1) is 0 Å². The lowest BCUT2D eigenvalue weighted by atomic mass is 10.1. The van der Waals surface area contributed by atoms with Crippen LogP contribution in [0.3, 0.4) is 0 Å². The van der Waals surface area contributed by atoms with Gasteiger partial charge in [0, 0.05) is 38.3 Å². The fourth-order valence-corrected chi connectivity index (χ4v) is 8.03. The summed E-state index contributed by atoms with van der Waals surface area (Å²) < 4.78 is 20.6. The Hall–Kier alpha value is -2.15. The van der Waals surface area contributed by atoms with Gasteiger partial charge >= 0.3 is 0 Å². The molecule has 31 heavy (non-hydrogen) atoms. The number of benzene rings is 3. The third-order valence-corrected chi connectivity index (χ3v) is 9.95. The number of hydrogen-bond donors (Lipinski definition) is 0. The lowest BCUT2D eigenvalue weighted by molar-refractivity contribution is -0.480. The first kappa shape index (κ1) is 22.1. The fourth-order valence-electron chi connectivity index (χ4n) is 3.98. The monoisotopic (exact) mass is 563 g/mol. The molecule has 3 aromatic carbocycles. The first-order chi connectivity index (χ1) is 14.9. The van der Waals surface area contributed by atoms with Gasteiger partial charge in [-0.2, -0.15) is 0 Å². The van der Waals surface area contributed by atoms with Crippen LogP contribution in [0.1, 0.15) is 11.2 Å². The summed E-state index contributed by atoms with van der Waals surface area (Å²) in [6, 6.07) is 24.3. The van der Waals surface area contributed by atoms with Crippen molar-refractivity contribution in [3.8, 4) is 0 Å². The van der Waals surface area contributed by atoms with Gasteiger partial charge in [-0.15, -0.1) is 0 Å². The average molecular weight is 565 g/mol. The highest BCUT2D eigenvalue weighted by molar-refractivity contribution is 9.10. The number of nitrogens with zero attached hydrogens (tertiary/aromatic N) is 3. The van der Waals surface area contributed by atoms with Crippen molar-refractivity contribution in [3.05, 3.63) is 103 Å². The Balaban J connectivity index is 1.88. The van der Waals surface area contributed by atoms with E-state index in [0.717, 1.165) is 20.3 Å². The molecule has 1 fully saturated rings. The van der Waals surface area contributed by atoms with E-state index in [1.807, 2.05) is 88.2 Å². The van der Waals surface area contributed by atoms with E-state index in [1.165, 1.54) is 0 Å². The molecule has 1 saturated heterocycles. The molecular weight excluding hydrogens is 545 g/mol. The molecule has 0 bridgehead atoms. The summed E-state index contributed by atoms with van der Waals surface area (Å²) in [5, 5.41) is 11.7. The zero-order chi connectivity index (χ0) is 22.0. The van der Waals surface area contributed by atoms with Gasteiger partial charge in [0.2, 0.25) is 6.54 Å². The van der Waals surface area contributed by atoms with Crippen LogP contribution in [0, 0.1) is 10.1 Å². The third-order valence-electron chi connectivity index (χ3n) is 5.38. The predicted octanol–water partition coefficient (Wildman–Crippen LogP) is 6.75. The zero-order valence-corrected chi connectivity index (χ0v) is 20.5. The van der Waals surface area contributed by atoms with Crippen molar-refractivity contribution in [2.24, 2.45) is 0 Å². The largest absolute Gasteiger partial charge is 0.304 e. The molecule has 0 radical (unpaired) electrons. The quantitative estimate of drug-likeness (QED) is 0.188. The minimum Gasteiger partial charge on any atom is -0.304 e. The molecule has 0 aromatic heterocycles. The van der Waals surface area contributed by atoms with E-state index in [9.17, 15) is 10.1 Å². The van der Waals surface area contributed by atoms with Crippen molar-refractivity contribution < 1.29 is 9.49 Å². The molecule has 1 heterocycles. The molecular formula is C22H20Br2N3O3P. The highest BCUT2D eigenvalue weighted by Gasteiger charge is 2.51. The summed E-state index contributed by atoms with van der Waals surface area (Å²) in [5.74, 6) is 0. The molecule has 1 atom stereocenters. The van der Waals surface area contributed by atoms with E-state index in [2.05, 4.69) is 31.9 Å². The van der Waals surface area contributed by atoms with Gasteiger partial charge in [0.25, 0.3) is 7.44 Å². The number of rotatable bonds is 6. The van der Waals surface area contributed by atoms with Crippen molar-refractivity contribution in [3.63, 3.8) is 0 Å². The summed E-state index contributed by atoms with van der Waals surface area (Å²) in [6.45, 7) is 0.605. The number of nitro groups is 1. The van der Waals surface area contributed by atoms with Crippen LogP contribution in [0.5, 0.6) is 0 Å². The van der Waals surface area contributed by atoms with Crippen LogP contribution < -0.4 is 9.34 Å². The van der Waals surface area contributed by atoms with Crippen molar-refractivity contribution in [1.82, 2.24) is 0 Å². The molecule has 0 saturated carbocycles. The minimum absolute atomic E-state index is 0.366. The molecule has 0 spiro atoms. The average Bonchev–Trinajstić information content (AvgIpc) is 3.11. The van der Waals surface area contributed by atoms with E-state index in [0.29, 0.717) is 18.7 Å². The molecule has 1 aliphatic rings. The van der Waals surface area contributed by atoms with Crippen LogP contribution in [0.4, 0.5) is 11.4 Å². The molecule has 1 unspecified atom stereocenters. The predicted molar refractivity (Wildman–Crippen MR) is 132 cm³/mol. The fraction of sp³-hybridized carbons (Fsp3) is 0.182. The maximum Gasteiger partial charge on any atom is 0.277 e.